The summed E-state index contributed by atoms with van der Waals surface area (Å²) in [5.41, 5.74) is 0.796. The lowest BCUT2D eigenvalue weighted by atomic mass is 9.99. The minimum Gasteiger partial charge on any atom is -0.493 e. The van der Waals surface area contributed by atoms with Gasteiger partial charge in [0.2, 0.25) is 0 Å². The van der Waals surface area contributed by atoms with Crippen molar-refractivity contribution < 1.29 is 9.84 Å². The van der Waals surface area contributed by atoms with E-state index in [0.717, 1.165) is 23.6 Å². The van der Waals surface area contributed by atoms with Gasteiger partial charge in [0.25, 0.3) is 0 Å². The number of ether oxygens (including phenoxy) is 1. The molecule has 2 atom stereocenters. The average Bonchev–Trinajstić information content (AvgIpc) is 2.85. The summed E-state index contributed by atoms with van der Waals surface area (Å²) in [6.07, 6.45) is 2.27. The van der Waals surface area contributed by atoms with Crippen LogP contribution in [-0.2, 0) is 7.05 Å². The molecule has 15 heavy (non-hydrogen) atoms. The zero-order valence-corrected chi connectivity index (χ0v) is 9.83. The van der Waals surface area contributed by atoms with E-state index in [1.54, 1.807) is 18.0 Å². The number of hydrogen-bond acceptors (Lipinski definition) is 4. The van der Waals surface area contributed by atoms with Gasteiger partial charge in [-0.1, -0.05) is 0 Å². The molecule has 0 saturated carbocycles. The highest BCUT2D eigenvalue weighted by Gasteiger charge is 2.29. The molecule has 1 aromatic rings. The standard InChI is InChI=1S/C10H16N2O2S/c1-12-9(8(14-2)5-11-12)10(13)7-3-4-15-6-7/h5,7,10,13H,3-4,6H2,1-2H3. The minimum atomic E-state index is -0.456. The number of thioether (sulfide) groups is 1. The summed E-state index contributed by atoms with van der Waals surface area (Å²) in [5, 5.41) is 14.4. The number of aryl methyl sites for hydroxylation is 1. The van der Waals surface area contributed by atoms with E-state index in [1.165, 1.54) is 0 Å². The molecule has 0 aliphatic carbocycles. The van der Waals surface area contributed by atoms with Crippen LogP contribution in [-0.4, -0.2) is 33.5 Å². The van der Waals surface area contributed by atoms with Crippen molar-refractivity contribution in [1.29, 1.82) is 0 Å². The summed E-state index contributed by atoms with van der Waals surface area (Å²) in [6.45, 7) is 0. The molecule has 4 nitrogen and oxygen atoms in total. The van der Waals surface area contributed by atoms with E-state index in [0.29, 0.717) is 11.7 Å². The number of nitrogens with zero attached hydrogens (tertiary/aromatic N) is 2. The maximum atomic E-state index is 10.2. The first-order valence-electron chi connectivity index (χ1n) is 5.05. The molecule has 0 spiro atoms. The lowest BCUT2D eigenvalue weighted by Crippen LogP contribution is -2.16. The Morgan fingerprint density at radius 2 is 2.53 bits per heavy atom. The van der Waals surface area contributed by atoms with Crippen LogP contribution in [0.4, 0.5) is 0 Å². The lowest BCUT2D eigenvalue weighted by molar-refractivity contribution is 0.109. The van der Waals surface area contributed by atoms with Crippen LogP contribution < -0.4 is 4.74 Å². The largest absolute Gasteiger partial charge is 0.493 e. The maximum Gasteiger partial charge on any atom is 0.162 e. The average molecular weight is 228 g/mol. The Labute approximate surface area is 93.6 Å². The predicted octanol–water partition coefficient (Wildman–Crippen LogP) is 1.22. The van der Waals surface area contributed by atoms with Gasteiger partial charge in [0, 0.05) is 13.0 Å². The highest BCUT2D eigenvalue weighted by molar-refractivity contribution is 7.99. The van der Waals surface area contributed by atoms with Gasteiger partial charge in [-0.25, -0.2) is 0 Å². The third-order valence-electron chi connectivity index (χ3n) is 2.86. The molecule has 1 N–H and O–H groups in total. The Hall–Kier alpha value is -0.680. The predicted molar refractivity (Wildman–Crippen MR) is 60.2 cm³/mol. The topological polar surface area (TPSA) is 47.3 Å². The number of aliphatic hydroxyl groups is 1. The molecule has 1 fully saturated rings. The van der Waals surface area contributed by atoms with Crippen molar-refractivity contribution in [2.45, 2.75) is 12.5 Å². The normalized spacial score (nSPS) is 23.0. The Balaban J connectivity index is 2.22. The van der Waals surface area contributed by atoms with Crippen LogP contribution in [0, 0.1) is 5.92 Å². The van der Waals surface area contributed by atoms with Gasteiger partial charge in [-0.3, -0.25) is 4.68 Å². The molecule has 2 rings (SSSR count). The van der Waals surface area contributed by atoms with Crippen molar-refractivity contribution in [3.8, 4) is 5.75 Å². The molecule has 1 aliphatic heterocycles. The lowest BCUT2D eigenvalue weighted by Gasteiger charge is -2.18. The van der Waals surface area contributed by atoms with Crippen molar-refractivity contribution in [3.05, 3.63) is 11.9 Å². The first-order valence-corrected chi connectivity index (χ1v) is 6.21. The van der Waals surface area contributed by atoms with Crippen LogP contribution >= 0.6 is 11.8 Å². The number of rotatable bonds is 3. The van der Waals surface area contributed by atoms with E-state index in [-0.39, 0.29) is 0 Å². The van der Waals surface area contributed by atoms with Crippen molar-refractivity contribution in [2.24, 2.45) is 13.0 Å². The van der Waals surface area contributed by atoms with Crippen LogP contribution in [0.2, 0.25) is 0 Å². The van der Waals surface area contributed by atoms with Crippen LogP contribution in [0.5, 0.6) is 5.75 Å². The molecular formula is C10H16N2O2S. The van der Waals surface area contributed by atoms with Gasteiger partial charge < -0.3 is 9.84 Å². The zero-order valence-electron chi connectivity index (χ0n) is 9.01. The van der Waals surface area contributed by atoms with E-state index in [1.807, 2.05) is 18.8 Å². The quantitative estimate of drug-likeness (QED) is 0.845. The zero-order chi connectivity index (χ0) is 10.8. The van der Waals surface area contributed by atoms with E-state index in [2.05, 4.69) is 5.10 Å². The first-order chi connectivity index (χ1) is 7.24. The van der Waals surface area contributed by atoms with Gasteiger partial charge in [0.05, 0.1) is 13.3 Å². The fourth-order valence-electron chi connectivity index (χ4n) is 1.95. The molecular weight excluding hydrogens is 212 g/mol. The summed E-state index contributed by atoms with van der Waals surface area (Å²) >= 11 is 1.90. The molecule has 84 valence electrons. The molecule has 1 saturated heterocycles. The number of aromatic nitrogens is 2. The van der Waals surface area contributed by atoms with Crippen molar-refractivity contribution in [3.63, 3.8) is 0 Å². The Morgan fingerprint density at radius 1 is 1.73 bits per heavy atom. The fraction of sp³-hybridized carbons (Fsp3) is 0.700. The molecule has 0 radical (unpaired) electrons. The first kappa shape index (κ1) is 10.8. The molecule has 2 unspecified atom stereocenters. The molecule has 0 aromatic carbocycles. The van der Waals surface area contributed by atoms with E-state index in [9.17, 15) is 5.11 Å². The van der Waals surface area contributed by atoms with Gasteiger partial charge in [-0.05, 0) is 17.9 Å². The number of methoxy groups -OCH3 is 1. The van der Waals surface area contributed by atoms with Crippen molar-refractivity contribution in [2.75, 3.05) is 18.6 Å². The number of hydrogen-bond donors (Lipinski definition) is 1. The second-order valence-corrected chi connectivity index (χ2v) is 4.94. The van der Waals surface area contributed by atoms with E-state index in [4.69, 9.17) is 4.74 Å². The van der Waals surface area contributed by atoms with Gasteiger partial charge in [0.15, 0.2) is 5.75 Å². The van der Waals surface area contributed by atoms with Gasteiger partial charge in [-0.2, -0.15) is 16.9 Å². The van der Waals surface area contributed by atoms with Crippen LogP contribution in [0.3, 0.4) is 0 Å². The molecule has 0 bridgehead atoms. The summed E-state index contributed by atoms with van der Waals surface area (Å²) in [7, 11) is 3.44. The van der Waals surface area contributed by atoms with E-state index < -0.39 is 6.10 Å². The Kier molecular flexibility index (Phi) is 3.21. The molecule has 1 aliphatic rings. The molecule has 5 heteroatoms. The highest BCUT2D eigenvalue weighted by Crippen LogP contribution is 2.37. The van der Waals surface area contributed by atoms with Crippen LogP contribution in [0.15, 0.2) is 6.20 Å². The summed E-state index contributed by atoms with van der Waals surface area (Å²) < 4.78 is 6.90. The summed E-state index contributed by atoms with van der Waals surface area (Å²) in [5.74, 6) is 3.18. The van der Waals surface area contributed by atoms with Crippen LogP contribution in [0.25, 0.3) is 0 Å². The smallest absolute Gasteiger partial charge is 0.162 e. The van der Waals surface area contributed by atoms with Crippen molar-refractivity contribution in [1.82, 2.24) is 9.78 Å². The van der Waals surface area contributed by atoms with Gasteiger partial charge in [0.1, 0.15) is 11.8 Å². The SMILES string of the molecule is COc1cnn(C)c1C(O)C1CCSC1. The van der Waals surface area contributed by atoms with Gasteiger partial charge >= 0.3 is 0 Å². The van der Waals surface area contributed by atoms with Crippen LogP contribution in [0.1, 0.15) is 18.2 Å². The minimum absolute atomic E-state index is 0.333. The highest BCUT2D eigenvalue weighted by atomic mass is 32.2. The Morgan fingerprint density at radius 3 is 3.13 bits per heavy atom. The molecule has 1 aromatic heterocycles. The third-order valence-corrected chi connectivity index (χ3v) is 4.05. The Bertz CT molecular complexity index is 334. The molecule has 2 heterocycles. The second kappa shape index (κ2) is 4.45. The van der Waals surface area contributed by atoms with Gasteiger partial charge in [-0.15, -0.1) is 0 Å². The molecule has 0 amide bonds. The second-order valence-electron chi connectivity index (χ2n) is 3.79. The summed E-state index contributed by atoms with van der Waals surface area (Å²) in [4.78, 5) is 0. The van der Waals surface area contributed by atoms with Crippen molar-refractivity contribution >= 4 is 11.8 Å². The monoisotopic (exact) mass is 228 g/mol. The third kappa shape index (κ3) is 1.99. The fourth-order valence-corrected chi connectivity index (χ4v) is 3.23. The summed E-state index contributed by atoms with van der Waals surface area (Å²) in [6, 6.07) is 0. The number of aliphatic hydroxyl groups excluding tert-OH is 1. The maximum absolute atomic E-state index is 10.2. The van der Waals surface area contributed by atoms with E-state index >= 15 is 0 Å².